The maximum absolute atomic E-state index is 12.4. The summed E-state index contributed by atoms with van der Waals surface area (Å²) in [5.41, 5.74) is 1.09. The van der Waals surface area contributed by atoms with Crippen LogP contribution < -0.4 is 4.74 Å². The van der Waals surface area contributed by atoms with Crippen LogP contribution in [0.1, 0.15) is 56.9 Å². The zero-order valence-corrected chi connectivity index (χ0v) is 15.6. The second-order valence-corrected chi connectivity index (χ2v) is 7.68. The second-order valence-electron chi connectivity index (χ2n) is 7.68. The molecule has 150 valence electrons. The number of hydrogen-bond acceptors (Lipinski definition) is 3. The van der Waals surface area contributed by atoms with Crippen molar-refractivity contribution in [3.05, 3.63) is 29.8 Å². The van der Waals surface area contributed by atoms with Crippen LogP contribution in [0.2, 0.25) is 0 Å². The Kier molecular flexibility index (Phi) is 5.86. The predicted octanol–water partition coefficient (Wildman–Crippen LogP) is 5.48. The molecule has 0 unspecified atom stereocenters. The maximum Gasteiger partial charge on any atom is 0.573 e. The van der Waals surface area contributed by atoms with Gasteiger partial charge in [0.25, 0.3) is 0 Å². The topological polar surface area (TPSA) is 38.8 Å². The molecule has 0 radical (unpaired) electrons. The van der Waals surface area contributed by atoms with E-state index in [9.17, 15) is 18.0 Å². The lowest BCUT2D eigenvalue weighted by molar-refractivity contribution is -0.274. The monoisotopic (exact) mass is 385 g/mol. The van der Waals surface area contributed by atoms with Crippen molar-refractivity contribution >= 4 is 6.09 Å². The molecule has 0 atom stereocenters. The lowest BCUT2D eigenvalue weighted by atomic mass is 9.56. The summed E-state index contributed by atoms with van der Waals surface area (Å²) in [5, 5.41) is 0. The van der Waals surface area contributed by atoms with Crippen LogP contribution in [0.15, 0.2) is 24.3 Å². The highest BCUT2D eigenvalue weighted by Crippen LogP contribution is 2.56. The second kappa shape index (κ2) is 7.98. The number of rotatable bonds is 5. The van der Waals surface area contributed by atoms with Gasteiger partial charge in [0.2, 0.25) is 0 Å². The van der Waals surface area contributed by atoms with Gasteiger partial charge in [-0.2, -0.15) is 0 Å². The molecule has 1 aliphatic carbocycles. The Bertz CT molecular complexity index is 646. The van der Waals surface area contributed by atoms with E-state index in [0.29, 0.717) is 19.7 Å². The van der Waals surface area contributed by atoms with Crippen LogP contribution >= 0.6 is 0 Å². The smallest absolute Gasteiger partial charge is 0.449 e. The third kappa shape index (κ3) is 5.08. The zero-order valence-electron chi connectivity index (χ0n) is 15.6. The summed E-state index contributed by atoms with van der Waals surface area (Å²) in [6.07, 6.45) is 0.706. The first kappa shape index (κ1) is 19.8. The van der Waals surface area contributed by atoms with Crippen LogP contribution in [0.3, 0.4) is 0 Å². The van der Waals surface area contributed by atoms with Crippen molar-refractivity contribution in [3.63, 3.8) is 0 Å². The molecule has 3 rings (SSSR count). The number of alkyl halides is 3. The van der Waals surface area contributed by atoms with Crippen LogP contribution in [0, 0.1) is 5.41 Å². The van der Waals surface area contributed by atoms with Crippen molar-refractivity contribution < 1.29 is 27.4 Å². The van der Waals surface area contributed by atoms with Crippen LogP contribution in [-0.2, 0) is 4.74 Å². The van der Waals surface area contributed by atoms with Gasteiger partial charge < -0.3 is 14.4 Å². The first-order valence-electron chi connectivity index (χ1n) is 9.58. The summed E-state index contributed by atoms with van der Waals surface area (Å²) in [7, 11) is 0. The number of likely N-dealkylation sites (tertiary alicyclic amines) is 1. The summed E-state index contributed by atoms with van der Waals surface area (Å²) in [6, 6.07) is 6.29. The quantitative estimate of drug-likeness (QED) is 0.630. The largest absolute Gasteiger partial charge is 0.573 e. The third-order valence-corrected chi connectivity index (χ3v) is 5.73. The molecule has 2 aliphatic rings. The number of unbranched alkanes of at least 4 members (excludes halogenated alkanes) is 1. The van der Waals surface area contributed by atoms with Gasteiger partial charge in [0.05, 0.1) is 6.61 Å². The lowest BCUT2D eigenvalue weighted by Crippen LogP contribution is -2.48. The molecule has 1 heterocycles. The molecule has 7 heteroatoms. The Morgan fingerprint density at radius 3 is 2.59 bits per heavy atom. The van der Waals surface area contributed by atoms with E-state index in [1.165, 1.54) is 12.1 Å². The van der Waals surface area contributed by atoms with E-state index < -0.39 is 6.36 Å². The van der Waals surface area contributed by atoms with E-state index in [2.05, 4.69) is 11.7 Å². The Morgan fingerprint density at radius 1 is 1.26 bits per heavy atom. The molecule has 1 spiro atoms. The summed E-state index contributed by atoms with van der Waals surface area (Å²) in [5.74, 6) is 0.0930. The molecule has 1 aromatic rings. The van der Waals surface area contributed by atoms with Gasteiger partial charge in [-0.25, -0.2) is 4.79 Å². The number of hydrogen-bond donors (Lipinski definition) is 0. The molecule has 1 saturated heterocycles. The Morgan fingerprint density at radius 2 is 1.96 bits per heavy atom. The van der Waals surface area contributed by atoms with Gasteiger partial charge in [-0.05, 0) is 61.1 Å². The first-order valence-corrected chi connectivity index (χ1v) is 9.58. The van der Waals surface area contributed by atoms with E-state index >= 15 is 0 Å². The van der Waals surface area contributed by atoms with Gasteiger partial charge in [-0.15, -0.1) is 13.2 Å². The van der Waals surface area contributed by atoms with E-state index in [1.807, 2.05) is 6.07 Å². The number of nitrogens with zero attached hydrogens (tertiary/aromatic N) is 1. The standard InChI is InChI=1S/C20H26F3NO3/c1-2-3-11-26-18(25)24-9-7-19(8-10-24)13-16(14-19)15-5-4-6-17(12-15)27-20(21,22)23/h4-6,12,16H,2-3,7-11,13-14H2,1H3. The van der Waals surface area contributed by atoms with Crippen LogP contribution in [0.5, 0.6) is 5.75 Å². The van der Waals surface area contributed by atoms with Crippen molar-refractivity contribution in [2.75, 3.05) is 19.7 Å². The van der Waals surface area contributed by atoms with E-state index in [4.69, 9.17) is 4.74 Å². The van der Waals surface area contributed by atoms with E-state index in [1.54, 1.807) is 11.0 Å². The SMILES string of the molecule is CCCCOC(=O)N1CCC2(CC1)CC(c1cccc(OC(F)(F)F)c1)C2. The molecule has 1 amide bonds. The highest BCUT2D eigenvalue weighted by Gasteiger charge is 2.47. The lowest BCUT2D eigenvalue weighted by Gasteiger charge is -2.52. The average Bonchev–Trinajstić information content (AvgIpc) is 2.58. The highest BCUT2D eigenvalue weighted by atomic mass is 19.4. The average molecular weight is 385 g/mol. The molecular weight excluding hydrogens is 359 g/mol. The summed E-state index contributed by atoms with van der Waals surface area (Å²) >= 11 is 0. The highest BCUT2D eigenvalue weighted by molar-refractivity contribution is 5.67. The Hall–Kier alpha value is -1.92. The van der Waals surface area contributed by atoms with Crippen molar-refractivity contribution in [2.24, 2.45) is 5.41 Å². The van der Waals surface area contributed by atoms with E-state index in [-0.39, 0.29) is 23.2 Å². The van der Waals surface area contributed by atoms with Gasteiger partial charge in [-0.3, -0.25) is 0 Å². The minimum atomic E-state index is -4.67. The van der Waals surface area contributed by atoms with E-state index in [0.717, 1.165) is 44.1 Å². The van der Waals surface area contributed by atoms with Gasteiger partial charge in [0, 0.05) is 13.1 Å². The molecule has 1 saturated carbocycles. The van der Waals surface area contributed by atoms with Crippen LogP contribution in [0.4, 0.5) is 18.0 Å². The van der Waals surface area contributed by atoms with Crippen molar-refractivity contribution in [1.82, 2.24) is 4.90 Å². The molecule has 0 aromatic heterocycles. The van der Waals surface area contributed by atoms with Crippen LogP contribution in [0.25, 0.3) is 0 Å². The molecule has 0 N–H and O–H groups in total. The molecule has 0 bridgehead atoms. The number of ether oxygens (including phenoxy) is 2. The number of benzene rings is 1. The number of carbonyl (C=O) groups is 1. The summed E-state index contributed by atoms with van der Waals surface area (Å²) in [6.45, 7) is 3.90. The molecule has 2 fully saturated rings. The molecule has 4 nitrogen and oxygen atoms in total. The molecule has 27 heavy (non-hydrogen) atoms. The first-order chi connectivity index (χ1) is 12.8. The van der Waals surface area contributed by atoms with Crippen molar-refractivity contribution in [1.29, 1.82) is 0 Å². The Balaban J connectivity index is 1.49. The Labute approximate surface area is 157 Å². The number of piperidine rings is 1. The predicted molar refractivity (Wildman–Crippen MR) is 94.6 cm³/mol. The maximum atomic E-state index is 12.4. The molecular formula is C20H26F3NO3. The summed E-state index contributed by atoms with van der Waals surface area (Å²) < 4.78 is 46.5. The van der Waals surface area contributed by atoms with Crippen LogP contribution in [-0.4, -0.2) is 37.1 Å². The number of amides is 1. The fourth-order valence-electron chi connectivity index (χ4n) is 4.15. The normalized spacial score (nSPS) is 19.6. The summed E-state index contributed by atoms with van der Waals surface area (Å²) in [4.78, 5) is 13.8. The number of carbonyl (C=O) groups excluding carboxylic acids is 1. The zero-order chi connectivity index (χ0) is 19.5. The van der Waals surface area contributed by atoms with Gasteiger partial charge in [-0.1, -0.05) is 25.5 Å². The minimum Gasteiger partial charge on any atom is -0.449 e. The number of halogens is 3. The fraction of sp³-hybridized carbons (Fsp3) is 0.650. The molecule has 1 aliphatic heterocycles. The minimum absolute atomic E-state index is 0.161. The van der Waals surface area contributed by atoms with Gasteiger partial charge in [0.15, 0.2) is 0 Å². The third-order valence-electron chi connectivity index (χ3n) is 5.73. The van der Waals surface area contributed by atoms with Crippen molar-refractivity contribution in [2.45, 2.75) is 57.7 Å². The van der Waals surface area contributed by atoms with Crippen molar-refractivity contribution in [3.8, 4) is 5.75 Å². The molecule has 1 aromatic carbocycles. The van der Waals surface area contributed by atoms with Gasteiger partial charge >= 0.3 is 12.5 Å². The van der Waals surface area contributed by atoms with Gasteiger partial charge in [0.1, 0.15) is 5.75 Å². The fourth-order valence-corrected chi connectivity index (χ4v) is 4.15.